The maximum absolute atomic E-state index is 11.7. The van der Waals surface area contributed by atoms with Crippen LogP contribution in [0.25, 0.3) is 0 Å². The number of carboxylic acids is 1. The van der Waals surface area contributed by atoms with Gasteiger partial charge in [0, 0.05) is 0 Å². The Morgan fingerprint density at radius 3 is 2.37 bits per heavy atom. The van der Waals surface area contributed by atoms with Crippen LogP contribution < -0.4 is 9.47 Å². The molecule has 5 heteroatoms. The number of aliphatic carboxylic acids is 1. The molecule has 0 amide bonds. The van der Waals surface area contributed by atoms with E-state index in [0.717, 1.165) is 17.5 Å². The molecule has 19 heavy (non-hydrogen) atoms. The number of methoxy groups -OCH3 is 2. The fraction of sp³-hybridized carbons (Fsp3) is 0.500. The van der Waals surface area contributed by atoms with Crippen LogP contribution in [0.4, 0.5) is 0 Å². The molecule has 1 aromatic rings. The molecule has 0 atom stereocenters. The Balaban J connectivity index is 2.67. The fourth-order valence-electron chi connectivity index (χ4n) is 2.76. The second kappa shape index (κ2) is 5.04. The second-order valence-electron chi connectivity index (χ2n) is 4.86. The molecule has 0 bridgehead atoms. The molecule has 0 heterocycles. The maximum Gasteiger partial charge on any atom is 0.314 e. The summed E-state index contributed by atoms with van der Waals surface area (Å²) >= 11 is 3.49. The van der Waals surface area contributed by atoms with E-state index in [0.29, 0.717) is 28.8 Å². The van der Waals surface area contributed by atoms with Gasteiger partial charge in [-0.05, 0) is 52.9 Å². The third-order valence-corrected chi connectivity index (χ3v) is 4.66. The Labute approximate surface area is 120 Å². The predicted octanol–water partition coefficient (Wildman–Crippen LogP) is 3.28. The molecule has 0 saturated heterocycles. The van der Waals surface area contributed by atoms with Crippen LogP contribution in [0.5, 0.6) is 11.5 Å². The van der Waals surface area contributed by atoms with E-state index >= 15 is 0 Å². The first-order chi connectivity index (χ1) is 8.97. The highest BCUT2D eigenvalue weighted by Gasteiger charge is 2.48. The van der Waals surface area contributed by atoms with Crippen molar-refractivity contribution in [1.29, 1.82) is 0 Å². The first-order valence-electron chi connectivity index (χ1n) is 6.13. The minimum atomic E-state index is -0.789. The van der Waals surface area contributed by atoms with Crippen LogP contribution in [0, 0.1) is 6.92 Å². The van der Waals surface area contributed by atoms with E-state index in [9.17, 15) is 9.90 Å². The SMILES string of the molecule is COc1cc(C)c(C2(C(=O)O)CCC2)c(Br)c1OC. The van der Waals surface area contributed by atoms with Gasteiger partial charge in [0.05, 0.1) is 24.1 Å². The zero-order chi connectivity index (χ0) is 14.2. The van der Waals surface area contributed by atoms with Crippen LogP contribution in [-0.2, 0) is 10.2 Å². The fourth-order valence-corrected chi connectivity index (χ4v) is 3.81. The number of hydrogen-bond acceptors (Lipinski definition) is 3. The van der Waals surface area contributed by atoms with Crippen molar-refractivity contribution in [1.82, 2.24) is 0 Å². The normalized spacial score (nSPS) is 16.6. The van der Waals surface area contributed by atoms with Gasteiger partial charge in [-0.15, -0.1) is 0 Å². The van der Waals surface area contributed by atoms with Gasteiger partial charge in [0.15, 0.2) is 11.5 Å². The van der Waals surface area contributed by atoms with Crippen LogP contribution in [0.2, 0.25) is 0 Å². The molecule has 4 nitrogen and oxygen atoms in total. The van der Waals surface area contributed by atoms with E-state index in [4.69, 9.17) is 9.47 Å². The van der Waals surface area contributed by atoms with Crippen LogP contribution in [0.15, 0.2) is 10.5 Å². The number of carbonyl (C=O) groups is 1. The smallest absolute Gasteiger partial charge is 0.314 e. The highest BCUT2D eigenvalue weighted by molar-refractivity contribution is 9.10. The molecule has 2 rings (SSSR count). The lowest BCUT2D eigenvalue weighted by molar-refractivity contribution is -0.147. The summed E-state index contributed by atoms with van der Waals surface area (Å²) < 4.78 is 11.3. The van der Waals surface area contributed by atoms with Crippen molar-refractivity contribution in [3.63, 3.8) is 0 Å². The topological polar surface area (TPSA) is 55.8 Å². The minimum Gasteiger partial charge on any atom is -0.493 e. The van der Waals surface area contributed by atoms with Crippen molar-refractivity contribution in [2.24, 2.45) is 0 Å². The van der Waals surface area contributed by atoms with Gasteiger partial charge in [-0.1, -0.05) is 6.42 Å². The molecule has 0 aliphatic heterocycles. The highest BCUT2D eigenvalue weighted by atomic mass is 79.9. The Kier molecular flexibility index (Phi) is 3.76. The third-order valence-electron chi connectivity index (χ3n) is 3.90. The van der Waals surface area contributed by atoms with E-state index in [2.05, 4.69) is 15.9 Å². The molecule has 1 saturated carbocycles. The molecule has 0 spiro atoms. The monoisotopic (exact) mass is 328 g/mol. The van der Waals surface area contributed by atoms with Gasteiger partial charge in [0.2, 0.25) is 0 Å². The van der Waals surface area contributed by atoms with Crippen molar-refractivity contribution in [2.75, 3.05) is 14.2 Å². The summed E-state index contributed by atoms with van der Waals surface area (Å²) in [5.41, 5.74) is 0.929. The molecule has 0 radical (unpaired) electrons. The van der Waals surface area contributed by atoms with Gasteiger partial charge in [-0.25, -0.2) is 0 Å². The minimum absolute atomic E-state index is 0.552. The van der Waals surface area contributed by atoms with Crippen molar-refractivity contribution in [2.45, 2.75) is 31.6 Å². The largest absolute Gasteiger partial charge is 0.493 e. The Hall–Kier alpha value is -1.23. The van der Waals surface area contributed by atoms with E-state index in [1.807, 2.05) is 13.0 Å². The molecule has 0 aromatic heterocycles. The van der Waals surface area contributed by atoms with Crippen LogP contribution in [0.3, 0.4) is 0 Å². The molecular formula is C14H17BrO4. The standard InChI is InChI=1S/C14H17BrO4/c1-8-7-9(18-2)12(19-3)11(15)10(8)14(13(16)17)5-4-6-14/h7H,4-6H2,1-3H3,(H,16,17). The number of carboxylic acid groups (broad SMARTS) is 1. The summed E-state index contributed by atoms with van der Waals surface area (Å²) in [6, 6.07) is 1.84. The number of hydrogen-bond donors (Lipinski definition) is 1. The van der Waals surface area contributed by atoms with Gasteiger partial charge >= 0.3 is 5.97 Å². The molecule has 0 unspecified atom stereocenters. The lowest BCUT2D eigenvalue weighted by Crippen LogP contribution is -2.43. The maximum atomic E-state index is 11.7. The van der Waals surface area contributed by atoms with E-state index in [1.54, 1.807) is 14.2 Å². The van der Waals surface area contributed by atoms with E-state index in [1.165, 1.54) is 0 Å². The molecule has 1 aromatic carbocycles. The summed E-state index contributed by atoms with van der Waals surface area (Å²) in [7, 11) is 3.12. The van der Waals surface area contributed by atoms with Gasteiger partial charge in [-0.2, -0.15) is 0 Å². The Bertz CT molecular complexity index is 521. The number of ether oxygens (including phenoxy) is 2. The van der Waals surface area contributed by atoms with E-state index in [-0.39, 0.29) is 0 Å². The average Bonchev–Trinajstić information content (AvgIpc) is 2.30. The summed E-state index contributed by atoms with van der Waals surface area (Å²) in [6.07, 6.45) is 2.26. The number of halogens is 1. The van der Waals surface area contributed by atoms with Crippen molar-refractivity contribution in [3.8, 4) is 11.5 Å². The lowest BCUT2D eigenvalue weighted by Gasteiger charge is -2.40. The van der Waals surface area contributed by atoms with Crippen molar-refractivity contribution < 1.29 is 19.4 Å². The number of rotatable bonds is 4. The zero-order valence-corrected chi connectivity index (χ0v) is 12.8. The Morgan fingerprint density at radius 1 is 1.37 bits per heavy atom. The summed E-state index contributed by atoms with van der Waals surface area (Å²) in [5.74, 6) is 0.390. The highest BCUT2D eigenvalue weighted by Crippen LogP contribution is 2.52. The lowest BCUT2D eigenvalue weighted by atomic mass is 9.63. The van der Waals surface area contributed by atoms with Gasteiger partial charge in [-0.3, -0.25) is 4.79 Å². The van der Waals surface area contributed by atoms with Gasteiger partial charge < -0.3 is 14.6 Å². The van der Waals surface area contributed by atoms with Gasteiger partial charge in [0.25, 0.3) is 0 Å². The quantitative estimate of drug-likeness (QED) is 0.921. The number of aryl methyl sites for hydroxylation is 1. The van der Waals surface area contributed by atoms with Crippen LogP contribution in [0.1, 0.15) is 30.4 Å². The predicted molar refractivity (Wildman–Crippen MR) is 75.1 cm³/mol. The first-order valence-corrected chi connectivity index (χ1v) is 6.92. The number of benzene rings is 1. The van der Waals surface area contributed by atoms with Crippen LogP contribution >= 0.6 is 15.9 Å². The first kappa shape index (κ1) is 14.2. The second-order valence-corrected chi connectivity index (χ2v) is 5.65. The molecule has 1 aliphatic rings. The molecule has 104 valence electrons. The van der Waals surface area contributed by atoms with Crippen molar-refractivity contribution >= 4 is 21.9 Å². The van der Waals surface area contributed by atoms with Crippen LogP contribution in [-0.4, -0.2) is 25.3 Å². The molecule has 1 N–H and O–H groups in total. The zero-order valence-electron chi connectivity index (χ0n) is 11.2. The average molecular weight is 329 g/mol. The summed E-state index contributed by atoms with van der Waals surface area (Å²) in [6.45, 7) is 1.91. The summed E-state index contributed by atoms with van der Waals surface area (Å²) in [5, 5.41) is 9.58. The molecular weight excluding hydrogens is 312 g/mol. The summed E-state index contributed by atoms with van der Waals surface area (Å²) in [4.78, 5) is 11.7. The third kappa shape index (κ3) is 2.00. The van der Waals surface area contributed by atoms with Gasteiger partial charge in [0.1, 0.15) is 0 Å². The van der Waals surface area contributed by atoms with Crippen molar-refractivity contribution in [3.05, 3.63) is 21.7 Å². The molecule has 1 fully saturated rings. The van der Waals surface area contributed by atoms with E-state index < -0.39 is 11.4 Å². The molecule has 1 aliphatic carbocycles. The Morgan fingerprint density at radius 2 is 2.00 bits per heavy atom.